The van der Waals surface area contributed by atoms with Crippen molar-refractivity contribution in [2.75, 3.05) is 24.6 Å². The Labute approximate surface area is 122 Å². The van der Waals surface area contributed by atoms with E-state index >= 15 is 0 Å². The molecule has 1 aromatic rings. The smallest absolute Gasteiger partial charge is 0.129 e. The number of nitrogens with one attached hydrogen (secondary N) is 1. The zero-order chi connectivity index (χ0) is 14.5. The van der Waals surface area contributed by atoms with E-state index < -0.39 is 0 Å². The first-order valence-corrected chi connectivity index (χ1v) is 7.60. The number of hydrogen-bond acceptors (Lipinski definition) is 4. The van der Waals surface area contributed by atoms with Crippen molar-refractivity contribution >= 4 is 5.82 Å². The lowest BCUT2D eigenvalue weighted by atomic mass is 10.1. The number of morpholine rings is 1. The molecule has 20 heavy (non-hydrogen) atoms. The molecule has 4 heteroatoms. The number of pyridine rings is 1. The molecule has 1 fully saturated rings. The summed E-state index contributed by atoms with van der Waals surface area (Å²) in [6.45, 7) is 12.4. The molecule has 0 spiro atoms. The topological polar surface area (TPSA) is 37.4 Å². The van der Waals surface area contributed by atoms with E-state index in [-0.39, 0.29) is 6.10 Å². The SMILES string of the molecule is CC(C)CNCc1ccnc(N2CC(C)OCC2C)c1. The van der Waals surface area contributed by atoms with Crippen LogP contribution in [-0.2, 0) is 11.3 Å². The second-order valence-corrected chi connectivity index (χ2v) is 6.19. The number of hydrogen-bond donors (Lipinski definition) is 1. The van der Waals surface area contributed by atoms with Crippen molar-refractivity contribution < 1.29 is 4.74 Å². The van der Waals surface area contributed by atoms with Gasteiger partial charge in [-0.2, -0.15) is 0 Å². The zero-order valence-corrected chi connectivity index (χ0v) is 13.1. The van der Waals surface area contributed by atoms with Crippen LogP contribution in [0.1, 0.15) is 33.3 Å². The zero-order valence-electron chi connectivity index (χ0n) is 13.1. The van der Waals surface area contributed by atoms with Crippen molar-refractivity contribution in [1.29, 1.82) is 0 Å². The minimum absolute atomic E-state index is 0.274. The first-order chi connectivity index (χ1) is 9.56. The number of nitrogens with zero attached hydrogens (tertiary/aromatic N) is 2. The molecule has 2 atom stereocenters. The molecule has 0 bridgehead atoms. The lowest BCUT2D eigenvalue weighted by Crippen LogP contribution is -2.47. The fourth-order valence-corrected chi connectivity index (χ4v) is 2.46. The van der Waals surface area contributed by atoms with Gasteiger partial charge in [-0.15, -0.1) is 0 Å². The molecule has 1 aromatic heterocycles. The normalized spacial score (nSPS) is 23.4. The standard InChI is InChI=1S/C16H27N3O/c1-12(2)8-17-9-15-5-6-18-16(7-15)19-10-14(4)20-11-13(19)3/h5-7,12-14,17H,8-11H2,1-4H3. The monoisotopic (exact) mass is 277 g/mol. The highest BCUT2D eigenvalue weighted by Crippen LogP contribution is 2.20. The van der Waals surface area contributed by atoms with Crippen molar-refractivity contribution in [3.63, 3.8) is 0 Å². The fourth-order valence-electron chi connectivity index (χ4n) is 2.46. The van der Waals surface area contributed by atoms with Gasteiger partial charge in [-0.1, -0.05) is 13.8 Å². The first kappa shape index (κ1) is 15.3. The molecule has 1 saturated heterocycles. The molecule has 4 nitrogen and oxygen atoms in total. The molecule has 0 radical (unpaired) electrons. The summed E-state index contributed by atoms with van der Waals surface area (Å²) in [4.78, 5) is 6.88. The predicted molar refractivity (Wildman–Crippen MR) is 83.0 cm³/mol. The number of ether oxygens (including phenoxy) is 1. The second-order valence-electron chi connectivity index (χ2n) is 6.19. The number of anilines is 1. The van der Waals surface area contributed by atoms with Gasteiger partial charge < -0.3 is 15.0 Å². The summed E-state index contributed by atoms with van der Waals surface area (Å²) < 4.78 is 5.68. The molecule has 0 aliphatic carbocycles. The highest BCUT2D eigenvalue weighted by Gasteiger charge is 2.24. The van der Waals surface area contributed by atoms with Gasteiger partial charge in [-0.25, -0.2) is 4.98 Å². The van der Waals surface area contributed by atoms with E-state index in [1.54, 1.807) is 0 Å². The van der Waals surface area contributed by atoms with Gasteiger partial charge in [-0.3, -0.25) is 0 Å². The Balaban J connectivity index is 2.01. The minimum Gasteiger partial charge on any atom is -0.375 e. The third-order valence-electron chi connectivity index (χ3n) is 3.59. The van der Waals surface area contributed by atoms with Crippen molar-refractivity contribution in [2.45, 2.75) is 46.4 Å². The maximum atomic E-state index is 5.68. The van der Waals surface area contributed by atoms with Crippen LogP contribution >= 0.6 is 0 Å². The predicted octanol–water partition coefficient (Wildman–Crippen LogP) is 2.44. The van der Waals surface area contributed by atoms with Gasteiger partial charge in [0.1, 0.15) is 5.82 Å². The van der Waals surface area contributed by atoms with Gasteiger partial charge in [0.2, 0.25) is 0 Å². The van der Waals surface area contributed by atoms with Gasteiger partial charge >= 0.3 is 0 Å². The minimum atomic E-state index is 0.274. The first-order valence-electron chi connectivity index (χ1n) is 7.60. The van der Waals surface area contributed by atoms with E-state index in [0.717, 1.165) is 32.1 Å². The van der Waals surface area contributed by atoms with Crippen molar-refractivity contribution in [3.8, 4) is 0 Å². The quantitative estimate of drug-likeness (QED) is 0.897. The lowest BCUT2D eigenvalue weighted by Gasteiger charge is -2.37. The molecule has 2 heterocycles. The maximum absolute atomic E-state index is 5.68. The van der Waals surface area contributed by atoms with Gasteiger partial charge in [0.25, 0.3) is 0 Å². The van der Waals surface area contributed by atoms with Gasteiger partial charge in [0.05, 0.1) is 18.8 Å². The summed E-state index contributed by atoms with van der Waals surface area (Å²) in [6.07, 6.45) is 2.19. The average Bonchev–Trinajstić information content (AvgIpc) is 2.41. The molecular weight excluding hydrogens is 250 g/mol. The Bertz CT molecular complexity index is 422. The van der Waals surface area contributed by atoms with E-state index in [2.05, 4.69) is 55.0 Å². The molecule has 1 aliphatic rings. The highest BCUT2D eigenvalue weighted by atomic mass is 16.5. The van der Waals surface area contributed by atoms with Crippen molar-refractivity contribution in [3.05, 3.63) is 23.9 Å². The second kappa shape index (κ2) is 7.04. The van der Waals surface area contributed by atoms with E-state index in [1.165, 1.54) is 5.56 Å². The summed E-state index contributed by atoms with van der Waals surface area (Å²) in [6, 6.07) is 4.67. The van der Waals surface area contributed by atoms with Crippen LogP contribution < -0.4 is 10.2 Å². The van der Waals surface area contributed by atoms with Gasteiger partial charge in [0.15, 0.2) is 0 Å². The summed E-state index contributed by atoms with van der Waals surface area (Å²) in [7, 11) is 0. The molecule has 1 aliphatic heterocycles. The fraction of sp³-hybridized carbons (Fsp3) is 0.688. The van der Waals surface area contributed by atoms with E-state index in [4.69, 9.17) is 4.74 Å². The van der Waals surface area contributed by atoms with E-state index in [0.29, 0.717) is 12.0 Å². The molecule has 2 rings (SSSR count). The molecule has 0 saturated carbocycles. The number of rotatable bonds is 5. The Morgan fingerprint density at radius 3 is 3.00 bits per heavy atom. The van der Waals surface area contributed by atoms with Crippen LogP contribution in [0.25, 0.3) is 0 Å². The number of aromatic nitrogens is 1. The molecule has 1 N–H and O–H groups in total. The van der Waals surface area contributed by atoms with Crippen LogP contribution in [0.2, 0.25) is 0 Å². The molecule has 0 amide bonds. The van der Waals surface area contributed by atoms with E-state index in [1.807, 2.05) is 6.20 Å². The molecule has 112 valence electrons. The lowest BCUT2D eigenvalue weighted by molar-refractivity contribution is 0.0340. The highest BCUT2D eigenvalue weighted by molar-refractivity contribution is 5.42. The van der Waals surface area contributed by atoms with Crippen LogP contribution in [0.5, 0.6) is 0 Å². The Hall–Kier alpha value is -1.13. The summed E-state index contributed by atoms with van der Waals surface area (Å²) >= 11 is 0. The third kappa shape index (κ3) is 4.18. The van der Waals surface area contributed by atoms with Crippen LogP contribution in [0, 0.1) is 5.92 Å². The summed E-state index contributed by atoms with van der Waals surface area (Å²) in [5.74, 6) is 1.74. The Morgan fingerprint density at radius 2 is 2.25 bits per heavy atom. The van der Waals surface area contributed by atoms with Crippen LogP contribution in [0.4, 0.5) is 5.82 Å². The van der Waals surface area contributed by atoms with Crippen LogP contribution in [0.15, 0.2) is 18.3 Å². The molecule has 0 aromatic carbocycles. The third-order valence-corrected chi connectivity index (χ3v) is 3.59. The Kier molecular flexibility index (Phi) is 5.38. The van der Waals surface area contributed by atoms with Crippen molar-refractivity contribution in [2.24, 2.45) is 5.92 Å². The molecular formula is C16H27N3O. The summed E-state index contributed by atoms with van der Waals surface area (Å²) in [5, 5.41) is 3.48. The van der Waals surface area contributed by atoms with Gasteiger partial charge in [0, 0.05) is 19.3 Å². The van der Waals surface area contributed by atoms with Crippen LogP contribution in [0.3, 0.4) is 0 Å². The van der Waals surface area contributed by atoms with Gasteiger partial charge in [-0.05, 0) is 44.0 Å². The van der Waals surface area contributed by atoms with E-state index in [9.17, 15) is 0 Å². The van der Waals surface area contributed by atoms with Crippen molar-refractivity contribution in [1.82, 2.24) is 10.3 Å². The maximum Gasteiger partial charge on any atom is 0.129 e. The van der Waals surface area contributed by atoms with Crippen LogP contribution in [-0.4, -0.2) is 36.8 Å². The average molecular weight is 277 g/mol. The Morgan fingerprint density at radius 1 is 1.45 bits per heavy atom. The largest absolute Gasteiger partial charge is 0.375 e. The molecule has 2 unspecified atom stereocenters. The summed E-state index contributed by atoms with van der Waals surface area (Å²) in [5.41, 5.74) is 1.29.